The first-order valence-corrected chi connectivity index (χ1v) is 12.3. The van der Waals surface area contributed by atoms with Crippen molar-refractivity contribution >= 4 is 22.6 Å². The van der Waals surface area contributed by atoms with Gasteiger partial charge in [0.15, 0.2) is 0 Å². The van der Waals surface area contributed by atoms with Gasteiger partial charge in [0.1, 0.15) is 11.5 Å². The zero-order valence-corrected chi connectivity index (χ0v) is 20.2. The number of benzene rings is 5. The number of nitrogens with one attached hydrogen (secondary N) is 1. The number of aliphatic carboxylic acids is 1. The molecule has 5 rings (SSSR count). The molecule has 0 aliphatic rings. The molecule has 0 radical (unpaired) electrons. The van der Waals surface area contributed by atoms with Crippen LogP contribution in [0.25, 0.3) is 10.8 Å². The molecule has 1 atom stereocenters. The van der Waals surface area contributed by atoms with Crippen LogP contribution in [0.3, 0.4) is 0 Å². The van der Waals surface area contributed by atoms with Gasteiger partial charge in [-0.05, 0) is 33.0 Å². The molecule has 4 heteroatoms. The van der Waals surface area contributed by atoms with Gasteiger partial charge < -0.3 is 10.4 Å². The molecular formula is C33H27NO3. The number of amides is 1. The van der Waals surface area contributed by atoms with Gasteiger partial charge in [-0.15, -0.1) is 0 Å². The molecule has 182 valence electrons. The molecule has 4 nitrogen and oxygen atoms in total. The highest BCUT2D eigenvalue weighted by atomic mass is 16.4. The molecule has 0 saturated heterocycles. The number of carboxylic acids is 1. The van der Waals surface area contributed by atoms with Gasteiger partial charge in [0.25, 0.3) is 0 Å². The Morgan fingerprint density at radius 1 is 0.622 bits per heavy atom. The van der Waals surface area contributed by atoms with Crippen molar-refractivity contribution in [2.24, 2.45) is 0 Å². The average Bonchev–Trinajstić information content (AvgIpc) is 2.95. The lowest BCUT2D eigenvalue weighted by Crippen LogP contribution is -2.52. The second-order valence-corrected chi connectivity index (χ2v) is 9.10. The molecule has 37 heavy (non-hydrogen) atoms. The predicted molar refractivity (Wildman–Crippen MR) is 146 cm³/mol. The van der Waals surface area contributed by atoms with Crippen LogP contribution in [0.4, 0.5) is 0 Å². The third-order valence-electron chi connectivity index (χ3n) is 6.82. The Morgan fingerprint density at radius 2 is 1.08 bits per heavy atom. The largest absolute Gasteiger partial charge is 0.480 e. The smallest absolute Gasteiger partial charge is 0.326 e. The van der Waals surface area contributed by atoms with Crippen LogP contribution in [0.5, 0.6) is 0 Å². The van der Waals surface area contributed by atoms with E-state index in [2.05, 4.69) is 5.32 Å². The van der Waals surface area contributed by atoms with Gasteiger partial charge in [-0.1, -0.05) is 133 Å². The third kappa shape index (κ3) is 4.74. The van der Waals surface area contributed by atoms with Crippen molar-refractivity contribution in [2.45, 2.75) is 17.9 Å². The summed E-state index contributed by atoms with van der Waals surface area (Å²) in [5, 5.41) is 15.2. The molecule has 1 amide bonds. The Hall–Kier alpha value is -4.70. The van der Waals surface area contributed by atoms with Crippen LogP contribution in [-0.4, -0.2) is 23.0 Å². The molecule has 0 aromatic heterocycles. The summed E-state index contributed by atoms with van der Waals surface area (Å²) in [6.07, 6.45) is 0.167. The molecule has 5 aromatic carbocycles. The summed E-state index contributed by atoms with van der Waals surface area (Å²) in [6.45, 7) is 0. The highest BCUT2D eigenvalue weighted by molar-refractivity contribution is 5.98. The van der Waals surface area contributed by atoms with Crippen molar-refractivity contribution in [1.82, 2.24) is 5.32 Å². The maximum Gasteiger partial charge on any atom is 0.326 e. The summed E-state index contributed by atoms with van der Waals surface area (Å²) in [5.41, 5.74) is 1.90. The van der Waals surface area contributed by atoms with Gasteiger partial charge in [0, 0.05) is 6.42 Å². The number of rotatable bonds is 8. The molecule has 0 saturated carbocycles. The van der Waals surface area contributed by atoms with E-state index >= 15 is 0 Å². The summed E-state index contributed by atoms with van der Waals surface area (Å²) in [5.74, 6) is -1.46. The van der Waals surface area contributed by atoms with Gasteiger partial charge in [-0.2, -0.15) is 0 Å². The predicted octanol–water partition coefficient (Wildman–Crippen LogP) is 5.99. The fourth-order valence-electron chi connectivity index (χ4n) is 5.03. The average molecular weight is 486 g/mol. The van der Waals surface area contributed by atoms with Crippen LogP contribution < -0.4 is 5.32 Å². The van der Waals surface area contributed by atoms with Crippen LogP contribution >= 0.6 is 0 Å². The Labute approximate surface area is 216 Å². The Kier molecular flexibility index (Phi) is 6.82. The first-order valence-electron chi connectivity index (χ1n) is 12.3. The lowest BCUT2D eigenvalue weighted by molar-refractivity contribution is -0.142. The standard InChI is InChI=1S/C33H27NO3/c35-31(36)30(23-24-20-21-25-12-10-11-13-26(25)22-24)34-32(37)33(27-14-4-1-5-15-27,28-16-6-2-7-17-28)29-18-8-3-9-19-29/h1-22,30H,23H2,(H,34,37)(H,35,36)/t30-/m1/s1. The quantitative estimate of drug-likeness (QED) is 0.266. The molecule has 0 aliphatic carbocycles. The molecule has 0 bridgehead atoms. The first-order chi connectivity index (χ1) is 18.1. The van der Waals surface area contributed by atoms with E-state index in [1.807, 2.05) is 133 Å². The summed E-state index contributed by atoms with van der Waals surface area (Å²) in [6, 6.07) is 41.3. The minimum absolute atomic E-state index is 0.167. The fraction of sp³-hybridized carbons (Fsp3) is 0.0909. The van der Waals surface area contributed by atoms with E-state index in [1.54, 1.807) is 0 Å². The van der Waals surface area contributed by atoms with E-state index < -0.39 is 17.4 Å². The maximum atomic E-state index is 14.4. The summed E-state index contributed by atoms with van der Waals surface area (Å²) in [7, 11) is 0. The van der Waals surface area contributed by atoms with Gasteiger partial charge in [-0.3, -0.25) is 4.79 Å². The number of carbonyl (C=O) groups is 2. The van der Waals surface area contributed by atoms with E-state index in [0.29, 0.717) is 0 Å². The Morgan fingerprint density at radius 3 is 1.57 bits per heavy atom. The fourth-order valence-corrected chi connectivity index (χ4v) is 5.03. The summed E-state index contributed by atoms with van der Waals surface area (Å²) in [4.78, 5) is 26.8. The van der Waals surface area contributed by atoms with Crippen LogP contribution in [0.2, 0.25) is 0 Å². The molecule has 2 N–H and O–H groups in total. The van der Waals surface area contributed by atoms with Gasteiger partial charge in [0.05, 0.1) is 0 Å². The molecule has 5 aromatic rings. The van der Waals surface area contributed by atoms with Crippen molar-refractivity contribution in [1.29, 1.82) is 0 Å². The van der Waals surface area contributed by atoms with Gasteiger partial charge in [0.2, 0.25) is 5.91 Å². The maximum absolute atomic E-state index is 14.4. The van der Waals surface area contributed by atoms with Crippen LogP contribution in [-0.2, 0) is 21.4 Å². The lowest BCUT2D eigenvalue weighted by atomic mass is 9.68. The van der Waals surface area contributed by atoms with Crippen molar-refractivity contribution < 1.29 is 14.7 Å². The van der Waals surface area contributed by atoms with Crippen LogP contribution in [0.1, 0.15) is 22.3 Å². The number of carbonyl (C=O) groups excluding carboxylic acids is 1. The normalized spacial score (nSPS) is 12.1. The number of hydrogen-bond acceptors (Lipinski definition) is 2. The van der Waals surface area contributed by atoms with Crippen molar-refractivity contribution in [3.8, 4) is 0 Å². The molecule has 0 heterocycles. The summed E-state index contributed by atoms with van der Waals surface area (Å²) >= 11 is 0. The molecule has 0 aliphatic heterocycles. The molecular weight excluding hydrogens is 458 g/mol. The third-order valence-corrected chi connectivity index (χ3v) is 6.82. The summed E-state index contributed by atoms with van der Waals surface area (Å²) < 4.78 is 0. The highest BCUT2D eigenvalue weighted by Gasteiger charge is 2.45. The van der Waals surface area contributed by atoms with E-state index in [-0.39, 0.29) is 12.3 Å². The minimum Gasteiger partial charge on any atom is -0.480 e. The van der Waals surface area contributed by atoms with E-state index in [0.717, 1.165) is 33.0 Å². The first kappa shape index (κ1) is 24.0. The van der Waals surface area contributed by atoms with Gasteiger partial charge in [-0.25, -0.2) is 4.79 Å². The number of hydrogen-bond donors (Lipinski definition) is 2. The van der Waals surface area contributed by atoms with Crippen molar-refractivity contribution in [2.75, 3.05) is 0 Å². The second kappa shape index (κ2) is 10.5. The number of carboxylic acid groups (broad SMARTS) is 1. The monoisotopic (exact) mass is 485 g/mol. The number of fused-ring (bicyclic) bond motifs is 1. The topological polar surface area (TPSA) is 66.4 Å². The Balaban J connectivity index is 1.59. The molecule has 0 spiro atoms. The zero-order valence-electron chi connectivity index (χ0n) is 20.2. The van der Waals surface area contributed by atoms with E-state index in [4.69, 9.17) is 0 Å². The van der Waals surface area contributed by atoms with E-state index in [9.17, 15) is 14.7 Å². The lowest BCUT2D eigenvalue weighted by Gasteiger charge is -2.35. The van der Waals surface area contributed by atoms with Gasteiger partial charge >= 0.3 is 5.97 Å². The molecule has 0 fully saturated rings. The highest BCUT2D eigenvalue weighted by Crippen LogP contribution is 2.39. The minimum atomic E-state index is -1.24. The molecule has 0 unspecified atom stereocenters. The Bertz CT molecular complexity index is 1420. The van der Waals surface area contributed by atoms with E-state index in [1.165, 1.54) is 0 Å². The second-order valence-electron chi connectivity index (χ2n) is 9.10. The zero-order chi connectivity index (χ0) is 25.7. The van der Waals surface area contributed by atoms with Crippen molar-refractivity contribution in [3.63, 3.8) is 0 Å². The SMILES string of the molecule is O=C(O)[C@@H](Cc1ccc2ccccc2c1)NC(=O)C(c1ccccc1)(c1ccccc1)c1ccccc1. The van der Waals surface area contributed by atoms with Crippen molar-refractivity contribution in [3.05, 3.63) is 156 Å². The van der Waals surface area contributed by atoms with Crippen LogP contribution in [0, 0.1) is 0 Å². The van der Waals surface area contributed by atoms with Crippen LogP contribution in [0.15, 0.2) is 133 Å².